The smallest absolute Gasteiger partial charge is 0.341 e. The molecule has 0 amide bonds. The van der Waals surface area contributed by atoms with Gasteiger partial charge in [0.1, 0.15) is 22.8 Å². The number of anilines is 1. The molecular weight excluding hydrogens is 382 g/mol. The van der Waals surface area contributed by atoms with Crippen LogP contribution in [0.15, 0.2) is 66.9 Å². The summed E-state index contributed by atoms with van der Waals surface area (Å²) in [4.78, 5) is 18.1. The summed E-state index contributed by atoms with van der Waals surface area (Å²) in [6.45, 7) is 1.52. The number of para-hydroxylation sites is 1. The van der Waals surface area contributed by atoms with Crippen LogP contribution in [0.25, 0.3) is 0 Å². The van der Waals surface area contributed by atoms with E-state index in [1.165, 1.54) is 0 Å². The molecule has 0 aliphatic carbocycles. The van der Waals surface area contributed by atoms with Crippen LogP contribution in [0, 0.1) is 0 Å². The number of pyridine rings is 1. The summed E-state index contributed by atoms with van der Waals surface area (Å²) in [5.74, 6) is 0.804. The summed E-state index contributed by atoms with van der Waals surface area (Å²) in [5.41, 5.74) is 6.79. The van der Waals surface area contributed by atoms with E-state index in [2.05, 4.69) is 9.88 Å². The summed E-state index contributed by atoms with van der Waals surface area (Å²) in [5, 5.41) is 9.64. The number of aromatic carboxylic acids is 1. The fraction of sp³-hybridized carbons (Fsp3) is 0.217. The van der Waals surface area contributed by atoms with E-state index >= 15 is 0 Å². The largest absolute Gasteiger partial charge is 0.477 e. The lowest BCUT2D eigenvalue weighted by atomic mass is 10.1. The number of hydrogen-bond acceptors (Lipinski definition) is 6. The Balaban J connectivity index is 1.50. The molecule has 1 fully saturated rings. The van der Waals surface area contributed by atoms with Gasteiger partial charge < -0.3 is 25.2 Å². The number of hydrogen-bond donors (Lipinski definition) is 2. The molecule has 1 atom stereocenters. The lowest BCUT2D eigenvalue weighted by molar-refractivity contribution is 0.0693. The van der Waals surface area contributed by atoms with Gasteiger partial charge >= 0.3 is 5.97 Å². The molecule has 7 heteroatoms. The number of rotatable bonds is 6. The Labute approximate surface area is 174 Å². The second-order valence-corrected chi connectivity index (χ2v) is 7.19. The first-order chi connectivity index (χ1) is 14.6. The average molecular weight is 405 g/mol. The van der Waals surface area contributed by atoms with Gasteiger partial charge in [-0.15, -0.1) is 0 Å². The molecule has 3 aromatic rings. The first-order valence-corrected chi connectivity index (χ1v) is 9.83. The van der Waals surface area contributed by atoms with Crippen LogP contribution in [-0.2, 0) is 0 Å². The highest BCUT2D eigenvalue weighted by molar-refractivity contribution is 5.91. The second kappa shape index (κ2) is 8.84. The lowest BCUT2D eigenvalue weighted by Crippen LogP contribution is -2.42. The van der Waals surface area contributed by atoms with Crippen molar-refractivity contribution < 1.29 is 19.4 Å². The van der Waals surface area contributed by atoms with Gasteiger partial charge in [0.05, 0.1) is 11.9 Å². The van der Waals surface area contributed by atoms with Gasteiger partial charge in [-0.05, 0) is 55.3 Å². The monoisotopic (exact) mass is 405 g/mol. The topological polar surface area (TPSA) is 97.9 Å². The molecule has 4 rings (SSSR count). The number of nitrogens with two attached hydrogens (primary N) is 1. The third-order valence-corrected chi connectivity index (χ3v) is 4.91. The van der Waals surface area contributed by atoms with Gasteiger partial charge in [0.25, 0.3) is 0 Å². The molecule has 30 heavy (non-hydrogen) atoms. The Kier molecular flexibility index (Phi) is 5.81. The number of carboxylic acids is 1. The van der Waals surface area contributed by atoms with Crippen molar-refractivity contribution in [1.82, 2.24) is 4.98 Å². The molecule has 0 radical (unpaired) electrons. The number of ether oxygens (including phenoxy) is 2. The maximum Gasteiger partial charge on any atom is 0.341 e. The minimum atomic E-state index is -1.09. The summed E-state index contributed by atoms with van der Waals surface area (Å²) in [6.07, 6.45) is 3.58. The number of nitrogens with zero attached hydrogens (tertiary/aromatic N) is 2. The first kappa shape index (κ1) is 19.7. The van der Waals surface area contributed by atoms with E-state index in [-0.39, 0.29) is 17.5 Å². The van der Waals surface area contributed by atoms with Crippen LogP contribution in [0.3, 0.4) is 0 Å². The van der Waals surface area contributed by atoms with Gasteiger partial charge in [-0.3, -0.25) is 0 Å². The van der Waals surface area contributed by atoms with E-state index in [4.69, 9.17) is 15.2 Å². The van der Waals surface area contributed by atoms with Crippen molar-refractivity contribution in [1.29, 1.82) is 0 Å². The Morgan fingerprint density at radius 1 is 1.03 bits per heavy atom. The molecule has 1 unspecified atom stereocenters. The van der Waals surface area contributed by atoms with Crippen LogP contribution in [0.4, 0.5) is 5.69 Å². The predicted molar refractivity (Wildman–Crippen MR) is 114 cm³/mol. The van der Waals surface area contributed by atoms with Crippen molar-refractivity contribution in [2.75, 3.05) is 18.0 Å². The third-order valence-electron chi connectivity index (χ3n) is 4.91. The maximum absolute atomic E-state index is 11.8. The summed E-state index contributed by atoms with van der Waals surface area (Å²) < 4.78 is 11.5. The molecule has 0 spiro atoms. The maximum atomic E-state index is 11.8. The van der Waals surface area contributed by atoms with Crippen LogP contribution in [-0.4, -0.2) is 35.2 Å². The van der Waals surface area contributed by atoms with Crippen LogP contribution in [0.1, 0.15) is 23.2 Å². The van der Waals surface area contributed by atoms with Gasteiger partial charge in [0.2, 0.25) is 5.88 Å². The van der Waals surface area contributed by atoms with Crippen molar-refractivity contribution in [3.63, 3.8) is 0 Å². The van der Waals surface area contributed by atoms with E-state index in [1.54, 1.807) is 36.5 Å². The van der Waals surface area contributed by atoms with Crippen LogP contribution < -0.4 is 20.1 Å². The highest BCUT2D eigenvalue weighted by atomic mass is 16.5. The zero-order valence-corrected chi connectivity index (χ0v) is 16.4. The zero-order chi connectivity index (χ0) is 20.9. The van der Waals surface area contributed by atoms with Crippen molar-refractivity contribution in [3.8, 4) is 23.1 Å². The molecular formula is C23H23N3O4. The van der Waals surface area contributed by atoms with E-state index in [0.717, 1.165) is 30.8 Å². The fourth-order valence-corrected chi connectivity index (χ4v) is 3.41. The van der Waals surface area contributed by atoms with Gasteiger partial charge in [-0.1, -0.05) is 18.2 Å². The normalized spacial score (nSPS) is 16.2. The van der Waals surface area contributed by atoms with Gasteiger partial charge in [0.15, 0.2) is 0 Å². The Bertz CT molecular complexity index is 1010. The predicted octanol–water partition coefficient (Wildman–Crippen LogP) is 4.29. The summed E-state index contributed by atoms with van der Waals surface area (Å²) in [7, 11) is 0. The third kappa shape index (κ3) is 4.69. The second-order valence-electron chi connectivity index (χ2n) is 7.19. The van der Waals surface area contributed by atoms with Crippen molar-refractivity contribution in [2.24, 2.45) is 5.73 Å². The SMILES string of the molecule is NC1CCCN(c2cnc(Oc3ccc(Oc4ccccc4)cc3)c(C(=O)O)c2)C1. The number of piperidine rings is 1. The number of carboxylic acid groups (broad SMARTS) is 1. The number of aromatic nitrogens is 1. The summed E-state index contributed by atoms with van der Waals surface area (Å²) >= 11 is 0. The number of benzene rings is 2. The van der Waals surface area contributed by atoms with Crippen molar-refractivity contribution >= 4 is 11.7 Å². The average Bonchev–Trinajstić information content (AvgIpc) is 2.76. The Morgan fingerprint density at radius 2 is 1.70 bits per heavy atom. The molecule has 7 nitrogen and oxygen atoms in total. The number of carbonyl (C=O) groups is 1. The zero-order valence-electron chi connectivity index (χ0n) is 16.4. The molecule has 1 aromatic heterocycles. The van der Waals surface area contributed by atoms with Crippen molar-refractivity contribution in [2.45, 2.75) is 18.9 Å². The molecule has 154 valence electrons. The van der Waals surface area contributed by atoms with Crippen LogP contribution >= 0.6 is 0 Å². The summed E-state index contributed by atoms with van der Waals surface area (Å²) in [6, 6.07) is 18.1. The Hall–Kier alpha value is -3.58. The highest BCUT2D eigenvalue weighted by Crippen LogP contribution is 2.30. The van der Waals surface area contributed by atoms with E-state index in [0.29, 0.717) is 18.0 Å². The molecule has 1 saturated heterocycles. The van der Waals surface area contributed by atoms with Crippen LogP contribution in [0.5, 0.6) is 23.1 Å². The molecule has 1 aliphatic heterocycles. The molecule has 2 aromatic carbocycles. The molecule has 0 saturated carbocycles. The quantitative estimate of drug-likeness (QED) is 0.631. The minimum absolute atomic E-state index is 0.0104. The van der Waals surface area contributed by atoms with E-state index in [1.807, 2.05) is 30.3 Å². The highest BCUT2D eigenvalue weighted by Gasteiger charge is 2.21. The first-order valence-electron chi connectivity index (χ1n) is 9.83. The Morgan fingerprint density at radius 3 is 2.37 bits per heavy atom. The minimum Gasteiger partial charge on any atom is -0.477 e. The fourth-order valence-electron chi connectivity index (χ4n) is 3.41. The molecule has 1 aliphatic rings. The van der Waals surface area contributed by atoms with Gasteiger partial charge in [-0.2, -0.15) is 0 Å². The van der Waals surface area contributed by atoms with Crippen LogP contribution in [0.2, 0.25) is 0 Å². The molecule has 0 bridgehead atoms. The van der Waals surface area contributed by atoms with E-state index < -0.39 is 5.97 Å². The van der Waals surface area contributed by atoms with Gasteiger partial charge in [-0.25, -0.2) is 9.78 Å². The van der Waals surface area contributed by atoms with Crippen molar-refractivity contribution in [3.05, 3.63) is 72.4 Å². The van der Waals surface area contributed by atoms with E-state index in [9.17, 15) is 9.90 Å². The van der Waals surface area contributed by atoms with Gasteiger partial charge in [0, 0.05) is 19.1 Å². The molecule has 3 N–H and O–H groups in total. The molecule has 2 heterocycles. The standard InChI is InChI=1S/C23H23N3O4/c24-16-5-4-12-26(15-16)17-13-21(23(27)28)22(25-14-17)30-20-10-8-19(9-11-20)29-18-6-2-1-3-7-18/h1-3,6-11,13-14,16H,4-5,12,15,24H2,(H,27,28). The lowest BCUT2D eigenvalue weighted by Gasteiger charge is -2.32.